The molecule has 0 saturated heterocycles. The molecular formula is C16H15ClN2O2. The van der Waals surface area contributed by atoms with Crippen LogP contribution in [0.5, 0.6) is 0 Å². The van der Waals surface area contributed by atoms with E-state index in [0.717, 1.165) is 11.1 Å². The molecule has 0 atom stereocenters. The summed E-state index contributed by atoms with van der Waals surface area (Å²) in [7, 11) is 0. The smallest absolute Gasteiger partial charge is 0.257 e. The molecule has 0 fully saturated rings. The van der Waals surface area contributed by atoms with Crippen molar-refractivity contribution in [1.82, 2.24) is 0 Å². The van der Waals surface area contributed by atoms with Crippen molar-refractivity contribution in [3.63, 3.8) is 0 Å². The zero-order valence-electron chi connectivity index (χ0n) is 11.7. The molecule has 21 heavy (non-hydrogen) atoms. The summed E-state index contributed by atoms with van der Waals surface area (Å²) in [5.74, 6) is -0.282. The maximum Gasteiger partial charge on any atom is 0.257 e. The van der Waals surface area contributed by atoms with Crippen LogP contribution in [0, 0.1) is 6.92 Å². The number of hydrogen-bond donors (Lipinski definition) is 2. The molecule has 0 saturated carbocycles. The van der Waals surface area contributed by atoms with Gasteiger partial charge in [0, 0.05) is 11.3 Å². The second-order valence-corrected chi connectivity index (χ2v) is 5.11. The van der Waals surface area contributed by atoms with Crippen LogP contribution in [-0.4, -0.2) is 16.8 Å². The van der Waals surface area contributed by atoms with E-state index in [2.05, 4.69) is 10.5 Å². The summed E-state index contributed by atoms with van der Waals surface area (Å²) in [6.07, 6.45) is 0. The Balaban J connectivity index is 2.23. The summed E-state index contributed by atoms with van der Waals surface area (Å²) in [4.78, 5) is 12.2. The highest BCUT2D eigenvalue weighted by atomic mass is 35.5. The highest BCUT2D eigenvalue weighted by Crippen LogP contribution is 2.20. The van der Waals surface area contributed by atoms with Crippen molar-refractivity contribution in [1.29, 1.82) is 0 Å². The van der Waals surface area contributed by atoms with Gasteiger partial charge in [-0.3, -0.25) is 4.79 Å². The average Bonchev–Trinajstić information content (AvgIpc) is 2.46. The summed E-state index contributed by atoms with van der Waals surface area (Å²) in [6.45, 7) is 3.59. The van der Waals surface area contributed by atoms with E-state index in [1.165, 1.54) is 0 Å². The van der Waals surface area contributed by atoms with Crippen molar-refractivity contribution in [3.8, 4) is 0 Å². The molecule has 0 heterocycles. The van der Waals surface area contributed by atoms with E-state index in [4.69, 9.17) is 16.8 Å². The normalized spacial score (nSPS) is 11.3. The summed E-state index contributed by atoms with van der Waals surface area (Å²) in [6, 6.07) is 12.3. The van der Waals surface area contributed by atoms with Gasteiger partial charge < -0.3 is 10.5 Å². The number of amides is 1. The third-order valence-electron chi connectivity index (χ3n) is 3.06. The Hall–Kier alpha value is -2.33. The van der Waals surface area contributed by atoms with Crippen LogP contribution in [0.4, 0.5) is 5.69 Å². The molecule has 1 amide bonds. The number of rotatable bonds is 3. The first-order chi connectivity index (χ1) is 10.0. The van der Waals surface area contributed by atoms with E-state index in [9.17, 15) is 4.79 Å². The fourth-order valence-electron chi connectivity index (χ4n) is 1.88. The van der Waals surface area contributed by atoms with E-state index in [0.29, 0.717) is 22.0 Å². The number of oxime groups is 1. The lowest BCUT2D eigenvalue weighted by molar-refractivity contribution is 0.102. The maximum absolute atomic E-state index is 12.2. The van der Waals surface area contributed by atoms with Gasteiger partial charge in [0.05, 0.1) is 16.3 Å². The molecule has 108 valence electrons. The van der Waals surface area contributed by atoms with Crippen molar-refractivity contribution < 1.29 is 10.0 Å². The van der Waals surface area contributed by atoms with Gasteiger partial charge >= 0.3 is 0 Å². The van der Waals surface area contributed by atoms with Gasteiger partial charge in [-0.1, -0.05) is 35.0 Å². The van der Waals surface area contributed by atoms with Gasteiger partial charge in [0.25, 0.3) is 5.91 Å². The third kappa shape index (κ3) is 3.61. The predicted octanol–water partition coefficient (Wildman–Crippen LogP) is 4.10. The topological polar surface area (TPSA) is 61.7 Å². The minimum absolute atomic E-state index is 0.282. The standard InChI is InChI=1S/C16H15ClN2O2/c1-10-6-7-14(15(17)8-10)16(20)18-13-5-3-4-12(9-13)11(2)19-21/h3-9,21H,1-2H3,(H,18,20)/b19-11-. The van der Waals surface area contributed by atoms with Crippen LogP contribution in [0.15, 0.2) is 47.6 Å². The first-order valence-corrected chi connectivity index (χ1v) is 6.75. The second-order valence-electron chi connectivity index (χ2n) is 4.70. The second kappa shape index (κ2) is 6.41. The van der Waals surface area contributed by atoms with Crippen molar-refractivity contribution in [2.45, 2.75) is 13.8 Å². The Kier molecular flexibility index (Phi) is 4.60. The molecule has 2 rings (SSSR count). The van der Waals surface area contributed by atoms with Crippen molar-refractivity contribution in [2.24, 2.45) is 5.16 Å². The zero-order chi connectivity index (χ0) is 15.4. The molecule has 0 aliphatic rings. The van der Waals surface area contributed by atoms with Crippen LogP contribution < -0.4 is 5.32 Å². The Labute approximate surface area is 128 Å². The number of benzene rings is 2. The average molecular weight is 303 g/mol. The lowest BCUT2D eigenvalue weighted by atomic mass is 10.1. The fourth-order valence-corrected chi connectivity index (χ4v) is 2.20. The first kappa shape index (κ1) is 15.1. The number of nitrogens with one attached hydrogen (secondary N) is 1. The number of anilines is 1. The van der Waals surface area contributed by atoms with Crippen molar-refractivity contribution >= 4 is 28.9 Å². The molecule has 4 nitrogen and oxygen atoms in total. The molecule has 5 heteroatoms. The molecule has 0 bridgehead atoms. The van der Waals surface area contributed by atoms with Crippen LogP contribution in [0.3, 0.4) is 0 Å². The lowest BCUT2D eigenvalue weighted by Crippen LogP contribution is -2.13. The SMILES string of the molecule is C/C(=N/O)c1cccc(NC(=O)c2ccc(C)cc2Cl)c1. The molecule has 2 N–H and O–H groups in total. The van der Waals surface area contributed by atoms with E-state index in [-0.39, 0.29) is 5.91 Å². The van der Waals surface area contributed by atoms with Gasteiger partial charge in [-0.25, -0.2) is 0 Å². The minimum atomic E-state index is -0.282. The number of nitrogens with zero attached hydrogens (tertiary/aromatic N) is 1. The maximum atomic E-state index is 12.2. The van der Waals surface area contributed by atoms with Crippen LogP contribution >= 0.6 is 11.6 Å². The molecule has 0 unspecified atom stereocenters. The van der Waals surface area contributed by atoms with Gasteiger partial charge in [-0.2, -0.15) is 0 Å². The third-order valence-corrected chi connectivity index (χ3v) is 3.37. The predicted molar refractivity (Wildman–Crippen MR) is 84.6 cm³/mol. The lowest BCUT2D eigenvalue weighted by Gasteiger charge is -2.08. The molecule has 2 aromatic carbocycles. The number of aryl methyl sites for hydroxylation is 1. The van der Waals surface area contributed by atoms with E-state index >= 15 is 0 Å². The van der Waals surface area contributed by atoms with Crippen LogP contribution in [-0.2, 0) is 0 Å². The van der Waals surface area contributed by atoms with E-state index in [1.807, 2.05) is 13.0 Å². The molecule has 0 radical (unpaired) electrons. The molecule has 0 aliphatic heterocycles. The molecule has 0 spiro atoms. The number of halogens is 1. The Morgan fingerprint density at radius 2 is 2.00 bits per heavy atom. The molecular weight excluding hydrogens is 288 g/mol. The zero-order valence-corrected chi connectivity index (χ0v) is 12.5. The Morgan fingerprint density at radius 3 is 2.67 bits per heavy atom. The molecule has 0 aliphatic carbocycles. The quantitative estimate of drug-likeness (QED) is 0.509. The van der Waals surface area contributed by atoms with Gasteiger partial charge in [-0.05, 0) is 43.7 Å². The van der Waals surface area contributed by atoms with Gasteiger partial charge in [0.1, 0.15) is 0 Å². The largest absolute Gasteiger partial charge is 0.411 e. The van der Waals surface area contributed by atoms with Crippen LogP contribution in [0.1, 0.15) is 28.4 Å². The van der Waals surface area contributed by atoms with Gasteiger partial charge in [-0.15, -0.1) is 0 Å². The van der Waals surface area contributed by atoms with Gasteiger partial charge in [0.15, 0.2) is 0 Å². The van der Waals surface area contributed by atoms with Crippen LogP contribution in [0.2, 0.25) is 5.02 Å². The summed E-state index contributed by atoms with van der Waals surface area (Å²) in [5, 5.41) is 15.1. The first-order valence-electron chi connectivity index (χ1n) is 6.38. The van der Waals surface area contributed by atoms with E-state index in [1.54, 1.807) is 43.3 Å². The van der Waals surface area contributed by atoms with Crippen LogP contribution in [0.25, 0.3) is 0 Å². The van der Waals surface area contributed by atoms with Gasteiger partial charge in [0.2, 0.25) is 0 Å². The Morgan fingerprint density at radius 1 is 1.24 bits per heavy atom. The Bertz CT molecular complexity index is 711. The summed E-state index contributed by atoms with van der Waals surface area (Å²) in [5.41, 5.74) is 3.22. The summed E-state index contributed by atoms with van der Waals surface area (Å²) >= 11 is 6.08. The fraction of sp³-hybridized carbons (Fsp3) is 0.125. The number of hydrogen-bond acceptors (Lipinski definition) is 3. The number of carbonyl (C=O) groups is 1. The van der Waals surface area contributed by atoms with Crippen molar-refractivity contribution in [3.05, 3.63) is 64.2 Å². The highest BCUT2D eigenvalue weighted by molar-refractivity contribution is 6.34. The highest BCUT2D eigenvalue weighted by Gasteiger charge is 2.11. The minimum Gasteiger partial charge on any atom is -0.411 e. The summed E-state index contributed by atoms with van der Waals surface area (Å²) < 4.78 is 0. The number of carbonyl (C=O) groups excluding carboxylic acids is 1. The molecule has 0 aromatic heterocycles. The molecule has 2 aromatic rings. The monoisotopic (exact) mass is 302 g/mol. The van der Waals surface area contributed by atoms with E-state index < -0.39 is 0 Å². The van der Waals surface area contributed by atoms with Crippen molar-refractivity contribution in [2.75, 3.05) is 5.32 Å².